The van der Waals surface area contributed by atoms with Gasteiger partial charge in [0.25, 0.3) is 0 Å². The minimum Gasteiger partial charge on any atom is -0.487 e. The topological polar surface area (TPSA) is 69.4 Å². The van der Waals surface area contributed by atoms with Crippen LogP contribution >= 0.6 is 23.2 Å². The molecule has 0 aliphatic carbocycles. The van der Waals surface area contributed by atoms with E-state index in [1.54, 1.807) is 12.1 Å². The number of hydrogen-bond acceptors (Lipinski definition) is 3. The van der Waals surface area contributed by atoms with Gasteiger partial charge in [0, 0.05) is 15.6 Å². The third-order valence-electron chi connectivity index (χ3n) is 2.61. The summed E-state index contributed by atoms with van der Waals surface area (Å²) < 4.78 is 41.3. The van der Waals surface area contributed by atoms with E-state index in [0.29, 0.717) is 15.6 Å². The lowest BCUT2D eigenvalue weighted by Crippen LogP contribution is -2.14. The Hall–Kier alpha value is -1.34. The molecule has 2 aromatic carbocycles. The normalized spacial score (nSPS) is 11.4. The van der Waals surface area contributed by atoms with Gasteiger partial charge in [0.15, 0.2) is 0 Å². The summed E-state index contributed by atoms with van der Waals surface area (Å²) in [6, 6.07) is 7.87. The summed E-state index contributed by atoms with van der Waals surface area (Å²) in [5.74, 6) is -0.777. The first kappa shape index (κ1) is 16.0. The van der Waals surface area contributed by atoms with Gasteiger partial charge >= 0.3 is 0 Å². The average Bonchev–Trinajstić information content (AvgIpc) is 2.38. The highest BCUT2D eigenvalue weighted by molar-refractivity contribution is 7.89. The summed E-state index contributed by atoms with van der Waals surface area (Å²) in [6.45, 7) is -0.00977. The highest BCUT2D eigenvalue weighted by Gasteiger charge is 2.16. The number of nitrogens with two attached hydrogens (primary N) is 1. The molecular formula is C13H10Cl2FNO3S. The van der Waals surface area contributed by atoms with Crippen LogP contribution in [0.15, 0.2) is 41.3 Å². The first-order valence-corrected chi connectivity index (χ1v) is 7.96. The summed E-state index contributed by atoms with van der Waals surface area (Å²) in [6.07, 6.45) is 0. The van der Waals surface area contributed by atoms with Gasteiger partial charge in [-0.05, 0) is 30.3 Å². The minimum absolute atomic E-state index is 0.00977. The van der Waals surface area contributed by atoms with Crippen molar-refractivity contribution in [3.05, 3.63) is 57.8 Å². The van der Waals surface area contributed by atoms with E-state index < -0.39 is 20.7 Å². The van der Waals surface area contributed by atoms with Crippen LogP contribution in [-0.2, 0) is 16.6 Å². The second-order valence-electron chi connectivity index (χ2n) is 4.16. The number of rotatable bonds is 4. The van der Waals surface area contributed by atoms with Gasteiger partial charge in [-0.2, -0.15) is 0 Å². The van der Waals surface area contributed by atoms with E-state index in [0.717, 1.165) is 12.1 Å². The maximum absolute atomic E-state index is 13.1. The second kappa shape index (κ2) is 6.19. The summed E-state index contributed by atoms with van der Waals surface area (Å²) in [5, 5.41) is 5.87. The summed E-state index contributed by atoms with van der Waals surface area (Å²) in [5.41, 5.74) is 0.603. The van der Waals surface area contributed by atoms with Crippen molar-refractivity contribution >= 4 is 33.2 Å². The highest BCUT2D eigenvalue weighted by Crippen LogP contribution is 2.27. The molecular weight excluding hydrogens is 340 g/mol. The average molecular weight is 350 g/mol. The fourth-order valence-electron chi connectivity index (χ4n) is 1.62. The van der Waals surface area contributed by atoms with Crippen LogP contribution in [0.25, 0.3) is 0 Å². The molecule has 0 saturated carbocycles. The van der Waals surface area contributed by atoms with Gasteiger partial charge in [-0.3, -0.25) is 0 Å². The molecule has 2 N–H and O–H groups in total. The number of benzene rings is 2. The van der Waals surface area contributed by atoms with Gasteiger partial charge in [-0.25, -0.2) is 17.9 Å². The number of hydrogen-bond donors (Lipinski definition) is 1. The van der Waals surface area contributed by atoms with Gasteiger partial charge in [0.2, 0.25) is 10.0 Å². The Bertz CT molecular complexity index is 781. The van der Waals surface area contributed by atoms with Crippen molar-refractivity contribution in [1.29, 1.82) is 0 Å². The molecule has 0 heterocycles. The van der Waals surface area contributed by atoms with Gasteiger partial charge in [-0.15, -0.1) is 0 Å². The Kier molecular flexibility index (Phi) is 4.73. The SMILES string of the molecule is NS(=O)(=O)c1cc(F)ccc1OCc1ccc(Cl)cc1Cl. The number of ether oxygens (including phenoxy) is 1. The van der Waals surface area contributed by atoms with Crippen molar-refractivity contribution in [3.63, 3.8) is 0 Å². The summed E-state index contributed by atoms with van der Waals surface area (Å²) >= 11 is 11.8. The third kappa shape index (κ3) is 4.07. The molecule has 0 radical (unpaired) electrons. The van der Waals surface area contributed by atoms with Crippen LogP contribution in [0.4, 0.5) is 4.39 Å². The number of sulfonamides is 1. The molecule has 0 aliphatic rings. The summed E-state index contributed by atoms with van der Waals surface area (Å²) in [4.78, 5) is -0.424. The molecule has 0 spiro atoms. The third-order valence-corrected chi connectivity index (χ3v) is 4.13. The molecule has 2 rings (SSSR count). The summed E-state index contributed by atoms with van der Waals surface area (Å²) in [7, 11) is -4.10. The smallest absolute Gasteiger partial charge is 0.241 e. The van der Waals surface area contributed by atoms with E-state index in [9.17, 15) is 12.8 Å². The molecule has 0 amide bonds. The Balaban J connectivity index is 2.28. The van der Waals surface area contributed by atoms with Crippen molar-refractivity contribution in [2.45, 2.75) is 11.5 Å². The van der Waals surface area contributed by atoms with Gasteiger partial charge in [0.1, 0.15) is 23.1 Å². The van der Waals surface area contributed by atoms with Crippen LogP contribution in [-0.4, -0.2) is 8.42 Å². The van der Waals surface area contributed by atoms with Crippen LogP contribution < -0.4 is 9.88 Å². The van der Waals surface area contributed by atoms with Crippen LogP contribution in [0.2, 0.25) is 10.0 Å². The lowest BCUT2D eigenvalue weighted by Gasteiger charge is -2.11. The molecule has 0 saturated heterocycles. The van der Waals surface area contributed by atoms with Crippen molar-refractivity contribution in [2.75, 3.05) is 0 Å². The van der Waals surface area contributed by atoms with Gasteiger partial charge < -0.3 is 4.74 Å². The molecule has 0 atom stereocenters. The second-order valence-corrected chi connectivity index (χ2v) is 6.53. The molecule has 0 fully saturated rings. The Labute approximate surface area is 131 Å². The standard InChI is InChI=1S/C13H10Cl2FNO3S/c14-9-2-1-8(11(15)5-9)7-20-12-4-3-10(16)6-13(12)21(17,18)19/h1-6H,7H2,(H2,17,18,19). The largest absolute Gasteiger partial charge is 0.487 e. The maximum atomic E-state index is 13.1. The zero-order chi connectivity index (χ0) is 15.6. The minimum atomic E-state index is -4.10. The van der Waals surface area contributed by atoms with Crippen molar-refractivity contribution in [2.24, 2.45) is 5.14 Å². The van der Waals surface area contributed by atoms with Crippen LogP contribution in [0.1, 0.15) is 5.56 Å². The Morgan fingerprint density at radius 1 is 1.14 bits per heavy atom. The molecule has 0 aliphatic heterocycles. The molecule has 8 heteroatoms. The van der Waals surface area contributed by atoms with Crippen LogP contribution in [0.5, 0.6) is 5.75 Å². The zero-order valence-corrected chi connectivity index (χ0v) is 12.8. The monoisotopic (exact) mass is 349 g/mol. The highest BCUT2D eigenvalue weighted by atomic mass is 35.5. The first-order valence-electron chi connectivity index (χ1n) is 5.66. The number of halogens is 3. The van der Waals surface area contributed by atoms with Crippen molar-refractivity contribution < 1.29 is 17.5 Å². The van der Waals surface area contributed by atoms with E-state index in [-0.39, 0.29) is 12.4 Å². The quantitative estimate of drug-likeness (QED) is 0.919. The lowest BCUT2D eigenvalue weighted by molar-refractivity contribution is 0.297. The fourth-order valence-corrected chi connectivity index (χ4v) is 2.77. The van der Waals surface area contributed by atoms with E-state index in [2.05, 4.69) is 0 Å². The van der Waals surface area contributed by atoms with Gasteiger partial charge in [-0.1, -0.05) is 29.3 Å². The molecule has 0 unspecified atom stereocenters. The molecule has 4 nitrogen and oxygen atoms in total. The van der Waals surface area contributed by atoms with Crippen molar-refractivity contribution in [1.82, 2.24) is 0 Å². The molecule has 0 aromatic heterocycles. The maximum Gasteiger partial charge on any atom is 0.241 e. The van der Waals surface area contributed by atoms with E-state index in [1.165, 1.54) is 12.1 Å². The molecule has 2 aromatic rings. The first-order chi connectivity index (χ1) is 9.77. The lowest BCUT2D eigenvalue weighted by atomic mass is 10.2. The predicted molar refractivity (Wildman–Crippen MR) is 78.6 cm³/mol. The molecule has 21 heavy (non-hydrogen) atoms. The molecule has 0 bridgehead atoms. The fraction of sp³-hybridized carbons (Fsp3) is 0.0769. The van der Waals surface area contributed by atoms with E-state index in [1.807, 2.05) is 0 Å². The predicted octanol–water partition coefficient (Wildman–Crippen LogP) is 3.36. The van der Waals surface area contributed by atoms with E-state index in [4.69, 9.17) is 33.1 Å². The Morgan fingerprint density at radius 2 is 1.86 bits per heavy atom. The van der Waals surface area contributed by atoms with Crippen LogP contribution in [0.3, 0.4) is 0 Å². The Morgan fingerprint density at radius 3 is 2.48 bits per heavy atom. The van der Waals surface area contributed by atoms with Crippen molar-refractivity contribution in [3.8, 4) is 5.75 Å². The van der Waals surface area contributed by atoms with Crippen LogP contribution in [0, 0.1) is 5.82 Å². The van der Waals surface area contributed by atoms with E-state index >= 15 is 0 Å². The van der Waals surface area contributed by atoms with Gasteiger partial charge in [0.05, 0.1) is 0 Å². The molecule has 112 valence electrons. The number of primary sulfonamides is 1. The zero-order valence-electron chi connectivity index (χ0n) is 10.5.